The van der Waals surface area contributed by atoms with E-state index < -0.39 is 6.10 Å². The SMILES string of the molecule is CCOc1cccc(C(O)CCOc2cccc(C)c2)c1. The van der Waals surface area contributed by atoms with Crippen LogP contribution in [0.3, 0.4) is 0 Å². The van der Waals surface area contributed by atoms with Gasteiger partial charge in [-0.05, 0) is 49.2 Å². The molecule has 3 nitrogen and oxygen atoms in total. The van der Waals surface area contributed by atoms with Crippen molar-refractivity contribution in [3.05, 3.63) is 59.7 Å². The van der Waals surface area contributed by atoms with Gasteiger partial charge in [0, 0.05) is 6.42 Å². The van der Waals surface area contributed by atoms with Gasteiger partial charge in [0.1, 0.15) is 11.5 Å². The van der Waals surface area contributed by atoms with E-state index in [4.69, 9.17) is 9.47 Å². The van der Waals surface area contributed by atoms with Crippen LogP contribution in [0.1, 0.15) is 30.6 Å². The molecule has 0 saturated carbocycles. The Morgan fingerprint density at radius 2 is 1.71 bits per heavy atom. The topological polar surface area (TPSA) is 38.7 Å². The molecule has 0 heterocycles. The van der Waals surface area contributed by atoms with Gasteiger partial charge in [0.25, 0.3) is 0 Å². The average Bonchev–Trinajstić information content (AvgIpc) is 2.48. The highest BCUT2D eigenvalue weighted by atomic mass is 16.5. The van der Waals surface area contributed by atoms with E-state index in [9.17, 15) is 5.11 Å². The number of aryl methyl sites for hydroxylation is 1. The van der Waals surface area contributed by atoms with Crippen LogP contribution in [0.25, 0.3) is 0 Å². The smallest absolute Gasteiger partial charge is 0.119 e. The van der Waals surface area contributed by atoms with Crippen molar-refractivity contribution in [2.75, 3.05) is 13.2 Å². The monoisotopic (exact) mass is 286 g/mol. The number of benzene rings is 2. The lowest BCUT2D eigenvalue weighted by Crippen LogP contribution is -2.05. The molecule has 21 heavy (non-hydrogen) atoms. The number of aliphatic hydroxyl groups excluding tert-OH is 1. The summed E-state index contributed by atoms with van der Waals surface area (Å²) >= 11 is 0. The van der Waals surface area contributed by atoms with E-state index in [0.717, 1.165) is 22.6 Å². The third-order valence-corrected chi connectivity index (χ3v) is 3.20. The second-order valence-corrected chi connectivity index (χ2v) is 4.97. The summed E-state index contributed by atoms with van der Waals surface area (Å²) in [5.74, 6) is 1.62. The molecule has 1 unspecified atom stereocenters. The molecule has 3 heteroatoms. The van der Waals surface area contributed by atoms with Crippen molar-refractivity contribution in [3.63, 3.8) is 0 Å². The lowest BCUT2D eigenvalue weighted by molar-refractivity contribution is 0.140. The van der Waals surface area contributed by atoms with Gasteiger partial charge in [0.2, 0.25) is 0 Å². The minimum Gasteiger partial charge on any atom is -0.494 e. The van der Waals surface area contributed by atoms with Gasteiger partial charge in [-0.1, -0.05) is 24.3 Å². The summed E-state index contributed by atoms with van der Waals surface area (Å²) in [7, 11) is 0. The maximum atomic E-state index is 10.2. The van der Waals surface area contributed by atoms with E-state index >= 15 is 0 Å². The van der Waals surface area contributed by atoms with Crippen LogP contribution in [0, 0.1) is 6.92 Å². The number of rotatable bonds is 7. The Balaban J connectivity index is 1.86. The molecule has 2 aromatic rings. The molecular weight excluding hydrogens is 264 g/mol. The molecule has 0 spiro atoms. The van der Waals surface area contributed by atoms with Crippen LogP contribution in [0.4, 0.5) is 0 Å². The molecular formula is C18H22O3. The first-order valence-corrected chi connectivity index (χ1v) is 7.29. The second-order valence-electron chi connectivity index (χ2n) is 4.97. The Hall–Kier alpha value is -2.00. The summed E-state index contributed by atoms with van der Waals surface area (Å²) in [6.45, 7) is 5.07. The fourth-order valence-corrected chi connectivity index (χ4v) is 2.14. The number of ether oxygens (including phenoxy) is 2. The second kappa shape index (κ2) is 7.70. The highest BCUT2D eigenvalue weighted by Gasteiger charge is 2.09. The molecule has 0 bridgehead atoms. The number of hydrogen-bond acceptors (Lipinski definition) is 3. The molecule has 0 aromatic heterocycles. The van der Waals surface area contributed by atoms with E-state index in [1.165, 1.54) is 0 Å². The van der Waals surface area contributed by atoms with Crippen LogP contribution in [-0.2, 0) is 0 Å². The first-order chi connectivity index (χ1) is 10.2. The van der Waals surface area contributed by atoms with Gasteiger partial charge in [0.15, 0.2) is 0 Å². The average molecular weight is 286 g/mol. The Morgan fingerprint density at radius 1 is 1.00 bits per heavy atom. The summed E-state index contributed by atoms with van der Waals surface area (Å²) in [5, 5.41) is 10.2. The molecule has 1 atom stereocenters. The van der Waals surface area contributed by atoms with Gasteiger partial charge in [-0.2, -0.15) is 0 Å². The van der Waals surface area contributed by atoms with Gasteiger partial charge in [-0.25, -0.2) is 0 Å². The van der Waals surface area contributed by atoms with E-state index in [2.05, 4.69) is 0 Å². The van der Waals surface area contributed by atoms with Crippen LogP contribution >= 0.6 is 0 Å². The fraction of sp³-hybridized carbons (Fsp3) is 0.333. The third kappa shape index (κ3) is 4.80. The van der Waals surface area contributed by atoms with Crippen molar-refractivity contribution in [2.24, 2.45) is 0 Å². The molecule has 0 fully saturated rings. The summed E-state index contributed by atoms with van der Waals surface area (Å²) in [5.41, 5.74) is 2.02. The predicted octanol–water partition coefficient (Wildman–Crippen LogP) is 3.90. The quantitative estimate of drug-likeness (QED) is 0.839. The molecule has 2 aromatic carbocycles. The molecule has 0 radical (unpaired) electrons. The fourth-order valence-electron chi connectivity index (χ4n) is 2.14. The lowest BCUT2D eigenvalue weighted by atomic mass is 10.1. The van der Waals surface area contributed by atoms with Crippen molar-refractivity contribution < 1.29 is 14.6 Å². The zero-order valence-electron chi connectivity index (χ0n) is 12.6. The van der Waals surface area contributed by atoms with Crippen LogP contribution in [0.5, 0.6) is 11.5 Å². The molecule has 1 N–H and O–H groups in total. The standard InChI is InChI=1S/C18H22O3/c1-3-20-17-9-5-7-15(13-17)18(19)10-11-21-16-8-4-6-14(2)12-16/h4-9,12-13,18-19H,3,10-11H2,1-2H3. The van der Waals surface area contributed by atoms with Crippen molar-refractivity contribution in [2.45, 2.75) is 26.4 Å². The van der Waals surface area contributed by atoms with Crippen LogP contribution < -0.4 is 9.47 Å². The van der Waals surface area contributed by atoms with E-state index in [0.29, 0.717) is 19.6 Å². The maximum Gasteiger partial charge on any atom is 0.119 e. The zero-order valence-corrected chi connectivity index (χ0v) is 12.6. The highest BCUT2D eigenvalue weighted by molar-refractivity contribution is 5.30. The van der Waals surface area contributed by atoms with E-state index in [1.54, 1.807) is 0 Å². The Morgan fingerprint density at radius 3 is 2.43 bits per heavy atom. The molecule has 0 aliphatic heterocycles. The van der Waals surface area contributed by atoms with Gasteiger partial charge in [-0.3, -0.25) is 0 Å². The molecule has 0 aliphatic carbocycles. The molecule has 2 rings (SSSR count). The molecule has 0 aliphatic rings. The maximum absolute atomic E-state index is 10.2. The van der Waals surface area contributed by atoms with E-state index in [1.807, 2.05) is 62.4 Å². The van der Waals surface area contributed by atoms with Crippen LogP contribution in [-0.4, -0.2) is 18.3 Å². The summed E-state index contributed by atoms with van der Waals surface area (Å²) in [6, 6.07) is 15.5. The van der Waals surface area contributed by atoms with Crippen molar-refractivity contribution in [1.29, 1.82) is 0 Å². The first kappa shape index (κ1) is 15.4. The van der Waals surface area contributed by atoms with Gasteiger partial charge >= 0.3 is 0 Å². The van der Waals surface area contributed by atoms with Crippen LogP contribution in [0.15, 0.2) is 48.5 Å². The Labute approximate surface area is 126 Å². The number of hydrogen-bond donors (Lipinski definition) is 1. The molecule has 0 amide bonds. The minimum atomic E-state index is -0.546. The van der Waals surface area contributed by atoms with Crippen molar-refractivity contribution in [3.8, 4) is 11.5 Å². The number of aliphatic hydroxyl groups is 1. The first-order valence-electron chi connectivity index (χ1n) is 7.29. The van der Waals surface area contributed by atoms with Crippen LogP contribution in [0.2, 0.25) is 0 Å². The highest BCUT2D eigenvalue weighted by Crippen LogP contribution is 2.22. The van der Waals surface area contributed by atoms with Gasteiger partial charge in [0.05, 0.1) is 19.3 Å². The van der Waals surface area contributed by atoms with Crippen molar-refractivity contribution in [1.82, 2.24) is 0 Å². The summed E-state index contributed by atoms with van der Waals surface area (Å²) < 4.78 is 11.1. The normalized spacial score (nSPS) is 12.0. The summed E-state index contributed by atoms with van der Waals surface area (Å²) in [4.78, 5) is 0. The third-order valence-electron chi connectivity index (χ3n) is 3.20. The summed E-state index contributed by atoms with van der Waals surface area (Å²) in [6.07, 6.45) is -0.000938. The van der Waals surface area contributed by atoms with E-state index in [-0.39, 0.29) is 0 Å². The van der Waals surface area contributed by atoms with Gasteiger partial charge in [-0.15, -0.1) is 0 Å². The molecule has 112 valence electrons. The Bertz CT molecular complexity index is 566. The lowest BCUT2D eigenvalue weighted by Gasteiger charge is -2.13. The minimum absolute atomic E-state index is 0.476. The largest absolute Gasteiger partial charge is 0.494 e. The van der Waals surface area contributed by atoms with Gasteiger partial charge < -0.3 is 14.6 Å². The molecule has 0 saturated heterocycles. The zero-order chi connectivity index (χ0) is 15.1. The van der Waals surface area contributed by atoms with Crippen molar-refractivity contribution >= 4 is 0 Å². The Kier molecular flexibility index (Phi) is 5.64. The predicted molar refractivity (Wildman–Crippen MR) is 83.9 cm³/mol.